The number of aromatic nitrogens is 3. The molecule has 1 unspecified atom stereocenters. The number of ether oxygens (including phenoxy) is 1. The van der Waals surface area contributed by atoms with E-state index in [2.05, 4.69) is 25.2 Å². The SMILES string of the molecule is COC(=O)NC1CCN(C(=O)c2n[nH]c(C(C)C)n2)C1. The molecule has 1 atom stereocenters. The van der Waals surface area contributed by atoms with Gasteiger partial charge in [0.1, 0.15) is 5.82 Å². The summed E-state index contributed by atoms with van der Waals surface area (Å²) in [6, 6.07) is -0.0880. The van der Waals surface area contributed by atoms with Gasteiger partial charge in [-0.2, -0.15) is 0 Å². The summed E-state index contributed by atoms with van der Waals surface area (Å²) < 4.78 is 4.54. The van der Waals surface area contributed by atoms with E-state index in [1.54, 1.807) is 4.90 Å². The molecule has 1 fully saturated rings. The monoisotopic (exact) mass is 281 g/mol. The number of likely N-dealkylation sites (tertiary alicyclic amines) is 1. The minimum atomic E-state index is -0.482. The lowest BCUT2D eigenvalue weighted by Crippen LogP contribution is -2.38. The predicted octanol–water partition coefficient (Wildman–Crippen LogP) is 0.499. The minimum absolute atomic E-state index is 0.0880. The second-order valence-electron chi connectivity index (χ2n) is 5.07. The van der Waals surface area contributed by atoms with Crippen LogP contribution in [0.5, 0.6) is 0 Å². The molecular formula is C12H19N5O3. The Bertz CT molecular complexity index is 499. The Morgan fingerprint density at radius 3 is 2.85 bits per heavy atom. The molecule has 0 aromatic carbocycles. The second kappa shape index (κ2) is 5.89. The van der Waals surface area contributed by atoms with E-state index in [9.17, 15) is 9.59 Å². The van der Waals surface area contributed by atoms with Crippen molar-refractivity contribution in [2.75, 3.05) is 20.2 Å². The lowest BCUT2D eigenvalue weighted by atomic mass is 10.2. The summed E-state index contributed by atoms with van der Waals surface area (Å²) in [4.78, 5) is 29.2. The Hall–Kier alpha value is -2.12. The van der Waals surface area contributed by atoms with Crippen LogP contribution in [-0.2, 0) is 4.74 Å². The van der Waals surface area contributed by atoms with Gasteiger partial charge in [0.25, 0.3) is 5.91 Å². The molecule has 1 aliphatic rings. The zero-order chi connectivity index (χ0) is 14.7. The van der Waals surface area contributed by atoms with Gasteiger partial charge in [-0.05, 0) is 6.42 Å². The zero-order valence-electron chi connectivity index (χ0n) is 11.8. The van der Waals surface area contributed by atoms with Crippen LogP contribution in [0.4, 0.5) is 4.79 Å². The summed E-state index contributed by atoms with van der Waals surface area (Å²) in [7, 11) is 1.31. The van der Waals surface area contributed by atoms with Gasteiger partial charge in [-0.25, -0.2) is 9.78 Å². The van der Waals surface area contributed by atoms with E-state index < -0.39 is 6.09 Å². The van der Waals surface area contributed by atoms with Gasteiger partial charge in [-0.15, -0.1) is 5.10 Å². The van der Waals surface area contributed by atoms with Crippen molar-refractivity contribution < 1.29 is 14.3 Å². The smallest absolute Gasteiger partial charge is 0.407 e. The largest absolute Gasteiger partial charge is 0.453 e. The molecule has 8 heteroatoms. The molecule has 2 rings (SSSR count). The summed E-state index contributed by atoms with van der Waals surface area (Å²) in [6.07, 6.45) is 0.215. The molecule has 2 amide bonds. The topological polar surface area (TPSA) is 100 Å². The number of methoxy groups -OCH3 is 1. The Morgan fingerprint density at radius 2 is 2.25 bits per heavy atom. The van der Waals surface area contributed by atoms with Crippen LogP contribution in [0, 0.1) is 0 Å². The van der Waals surface area contributed by atoms with Gasteiger partial charge in [0.2, 0.25) is 5.82 Å². The van der Waals surface area contributed by atoms with Crippen molar-refractivity contribution in [2.24, 2.45) is 0 Å². The summed E-state index contributed by atoms with van der Waals surface area (Å²) in [5, 5.41) is 9.39. The molecule has 0 saturated carbocycles. The third kappa shape index (κ3) is 3.06. The lowest BCUT2D eigenvalue weighted by molar-refractivity contribution is 0.0776. The molecule has 2 heterocycles. The number of carbonyl (C=O) groups excluding carboxylic acids is 2. The van der Waals surface area contributed by atoms with Crippen LogP contribution in [0.15, 0.2) is 0 Å². The average Bonchev–Trinajstić information content (AvgIpc) is 3.06. The summed E-state index contributed by atoms with van der Waals surface area (Å²) in [5.41, 5.74) is 0. The van der Waals surface area contributed by atoms with Crippen LogP contribution in [0.3, 0.4) is 0 Å². The van der Waals surface area contributed by atoms with E-state index in [0.717, 1.165) is 0 Å². The molecule has 0 spiro atoms. The first-order chi connectivity index (χ1) is 9.51. The molecule has 2 N–H and O–H groups in total. The number of nitrogens with zero attached hydrogens (tertiary/aromatic N) is 3. The fraction of sp³-hybridized carbons (Fsp3) is 0.667. The van der Waals surface area contributed by atoms with Gasteiger partial charge in [0.05, 0.1) is 13.2 Å². The van der Waals surface area contributed by atoms with Crippen LogP contribution in [0.2, 0.25) is 0 Å². The number of hydrogen-bond donors (Lipinski definition) is 2. The van der Waals surface area contributed by atoms with Crippen molar-refractivity contribution in [1.82, 2.24) is 25.4 Å². The van der Waals surface area contributed by atoms with Crippen LogP contribution < -0.4 is 5.32 Å². The van der Waals surface area contributed by atoms with Gasteiger partial charge in [0, 0.05) is 19.0 Å². The Morgan fingerprint density at radius 1 is 1.50 bits per heavy atom. The van der Waals surface area contributed by atoms with Crippen molar-refractivity contribution in [3.63, 3.8) is 0 Å². The number of nitrogens with one attached hydrogen (secondary N) is 2. The quantitative estimate of drug-likeness (QED) is 0.840. The number of H-pyrrole nitrogens is 1. The molecule has 0 radical (unpaired) electrons. The fourth-order valence-corrected chi connectivity index (χ4v) is 2.06. The average molecular weight is 281 g/mol. The van der Waals surface area contributed by atoms with Crippen molar-refractivity contribution in [1.29, 1.82) is 0 Å². The maximum Gasteiger partial charge on any atom is 0.407 e. The Labute approximate surface area is 116 Å². The highest BCUT2D eigenvalue weighted by Crippen LogP contribution is 2.13. The molecule has 0 bridgehead atoms. The molecule has 0 aliphatic carbocycles. The summed E-state index contributed by atoms with van der Waals surface area (Å²) in [6.45, 7) is 4.96. The van der Waals surface area contributed by atoms with E-state index in [0.29, 0.717) is 25.3 Å². The van der Waals surface area contributed by atoms with E-state index in [-0.39, 0.29) is 23.7 Å². The molecule has 110 valence electrons. The first kappa shape index (κ1) is 14.3. The number of alkyl carbamates (subject to hydrolysis) is 1. The maximum atomic E-state index is 12.2. The fourth-order valence-electron chi connectivity index (χ4n) is 2.06. The third-order valence-corrected chi connectivity index (χ3v) is 3.22. The standard InChI is InChI=1S/C12H19N5O3/c1-7(2)9-14-10(16-15-9)11(18)17-5-4-8(6-17)13-12(19)20-3/h7-8H,4-6H2,1-3H3,(H,13,19)(H,14,15,16). The van der Waals surface area contributed by atoms with E-state index in [4.69, 9.17) is 0 Å². The van der Waals surface area contributed by atoms with E-state index in [1.807, 2.05) is 13.8 Å². The maximum absolute atomic E-state index is 12.2. The number of carbonyl (C=O) groups is 2. The highest BCUT2D eigenvalue weighted by molar-refractivity contribution is 5.90. The summed E-state index contributed by atoms with van der Waals surface area (Å²) >= 11 is 0. The van der Waals surface area contributed by atoms with Crippen molar-refractivity contribution in [3.05, 3.63) is 11.6 Å². The van der Waals surface area contributed by atoms with Crippen LogP contribution in [0.25, 0.3) is 0 Å². The summed E-state index contributed by atoms with van der Waals surface area (Å²) in [5.74, 6) is 0.836. The molecule has 1 aromatic rings. The normalized spacial score (nSPS) is 18.4. The zero-order valence-corrected chi connectivity index (χ0v) is 11.8. The van der Waals surface area contributed by atoms with Gasteiger partial charge in [-0.3, -0.25) is 9.89 Å². The lowest BCUT2D eigenvalue weighted by Gasteiger charge is -2.14. The Balaban J connectivity index is 1.95. The van der Waals surface area contributed by atoms with Crippen LogP contribution in [-0.4, -0.2) is 58.3 Å². The number of rotatable bonds is 3. The van der Waals surface area contributed by atoms with Gasteiger partial charge >= 0.3 is 6.09 Å². The van der Waals surface area contributed by atoms with E-state index >= 15 is 0 Å². The van der Waals surface area contributed by atoms with Crippen LogP contribution >= 0.6 is 0 Å². The van der Waals surface area contributed by atoms with Gasteiger partial charge < -0.3 is 15.0 Å². The first-order valence-electron chi connectivity index (χ1n) is 6.57. The van der Waals surface area contributed by atoms with Crippen molar-refractivity contribution >= 4 is 12.0 Å². The van der Waals surface area contributed by atoms with Crippen molar-refractivity contribution in [3.8, 4) is 0 Å². The molecule has 1 aliphatic heterocycles. The molecule has 1 saturated heterocycles. The van der Waals surface area contributed by atoms with Crippen LogP contribution in [0.1, 0.15) is 42.6 Å². The second-order valence-corrected chi connectivity index (χ2v) is 5.07. The van der Waals surface area contributed by atoms with Gasteiger partial charge in [0.15, 0.2) is 0 Å². The number of aromatic amines is 1. The predicted molar refractivity (Wildman–Crippen MR) is 70.3 cm³/mol. The molecular weight excluding hydrogens is 262 g/mol. The minimum Gasteiger partial charge on any atom is -0.453 e. The highest BCUT2D eigenvalue weighted by atomic mass is 16.5. The van der Waals surface area contributed by atoms with E-state index in [1.165, 1.54) is 7.11 Å². The van der Waals surface area contributed by atoms with Gasteiger partial charge in [-0.1, -0.05) is 13.8 Å². The molecule has 1 aromatic heterocycles. The number of amides is 2. The number of hydrogen-bond acceptors (Lipinski definition) is 5. The Kier molecular flexibility index (Phi) is 4.21. The molecule has 20 heavy (non-hydrogen) atoms. The third-order valence-electron chi connectivity index (χ3n) is 3.22. The molecule has 8 nitrogen and oxygen atoms in total. The van der Waals surface area contributed by atoms with Crippen molar-refractivity contribution in [2.45, 2.75) is 32.2 Å². The highest BCUT2D eigenvalue weighted by Gasteiger charge is 2.30. The first-order valence-corrected chi connectivity index (χ1v) is 6.57.